The van der Waals surface area contributed by atoms with Gasteiger partial charge in [-0.3, -0.25) is 4.79 Å². The van der Waals surface area contributed by atoms with Crippen molar-refractivity contribution in [1.29, 1.82) is 0 Å². The Kier molecular flexibility index (Phi) is 4.80. The number of aryl methyl sites for hydroxylation is 1. The molecule has 2 aromatic rings. The zero-order valence-corrected chi connectivity index (χ0v) is 13.9. The van der Waals surface area contributed by atoms with Crippen LogP contribution in [0.1, 0.15) is 44.5 Å². The maximum absolute atomic E-state index is 12.3. The van der Waals surface area contributed by atoms with Crippen molar-refractivity contribution >= 4 is 11.9 Å². The summed E-state index contributed by atoms with van der Waals surface area (Å²) in [6.45, 7) is 2.52. The number of hydrogen-bond acceptors (Lipinski definition) is 5. The Labute approximate surface area is 144 Å². The highest BCUT2D eigenvalue weighted by Crippen LogP contribution is 2.22. The van der Waals surface area contributed by atoms with Crippen LogP contribution in [0, 0.1) is 6.92 Å². The SMILES string of the molecule is Cc1nc2c(n1CCO)CCC(NC(=O)c1ccc(C(=O)O)nc1)C2. The normalized spacial score (nSPS) is 16.3. The maximum atomic E-state index is 12.3. The molecule has 1 aliphatic rings. The number of aliphatic hydroxyl groups excluding tert-OH is 1. The van der Waals surface area contributed by atoms with E-state index in [-0.39, 0.29) is 24.2 Å². The molecule has 3 N–H and O–H groups in total. The minimum Gasteiger partial charge on any atom is -0.477 e. The van der Waals surface area contributed by atoms with Crippen molar-refractivity contribution in [3.63, 3.8) is 0 Å². The van der Waals surface area contributed by atoms with Crippen LogP contribution in [-0.4, -0.2) is 49.3 Å². The minimum atomic E-state index is -1.12. The van der Waals surface area contributed by atoms with Gasteiger partial charge >= 0.3 is 5.97 Å². The minimum absolute atomic E-state index is 0.0315. The van der Waals surface area contributed by atoms with Gasteiger partial charge in [-0.1, -0.05) is 0 Å². The molecule has 0 saturated carbocycles. The van der Waals surface area contributed by atoms with E-state index >= 15 is 0 Å². The second-order valence-corrected chi connectivity index (χ2v) is 6.08. The second-order valence-electron chi connectivity index (χ2n) is 6.08. The lowest BCUT2D eigenvalue weighted by atomic mass is 9.95. The molecule has 0 saturated heterocycles. The molecular weight excluding hydrogens is 324 g/mol. The number of fused-ring (bicyclic) bond motifs is 1. The monoisotopic (exact) mass is 344 g/mol. The van der Waals surface area contributed by atoms with Crippen molar-refractivity contribution in [2.24, 2.45) is 0 Å². The Morgan fingerprint density at radius 1 is 1.40 bits per heavy atom. The molecule has 0 aromatic carbocycles. The lowest BCUT2D eigenvalue weighted by Crippen LogP contribution is -2.39. The summed E-state index contributed by atoms with van der Waals surface area (Å²) in [6.07, 6.45) is 3.49. The lowest BCUT2D eigenvalue weighted by Gasteiger charge is -2.23. The van der Waals surface area contributed by atoms with Crippen LogP contribution in [0.15, 0.2) is 18.3 Å². The number of carboxylic acids is 1. The zero-order chi connectivity index (χ0) is 18.0. The highest BCUT2D eigenvalue weighted by molar-refractivity contribution is 5.95. The van der Waals surface area contributed by atoms with Crippen molar-refractivity contribution < 1.29 is 19.8 Å². The van der Waals surface area contributed by atoms with Gasteiger partial charge in [0.05, 0.1) is 17.9 Å². The number of nitrogens with zero attached hydrogens (tertiary/aromatic N) is 3. The average molecular weight is 344 g/mol. The summed E-state index contributed by atoms with van der Waals surface area (Å²) in [4.78, 5) is 31.4. The third kappa shape index (κ3) is 3.53. The van der Waals surface area contributed by atoms with E-state index in [1.807, 2.05) is 11.5 Å². The Hall–Kier alpha value is -2.74. The van der Waals surface area contributed by atoms with E-state index in [0.29, 0.717) is 18.5 Å². The summed E-state index contributed by atoms with van der Waals surface area (Å²) >= 11 is 0. The first-order valence-electron chi connectivity index (χ1n) is 8.15. The Bertz CT molecular complexity index is 798. The van der Waals surface area contributed by atoms with Gasteiger partial charge in [-0.25, -0.2) is 14.8 Å². The number of imidazole rings is 1. The number of aromatic nitrogens is 3. The molecule has 25 heavy (non-hydrogen) atoms. The first-order chi connectivity index (χ1) is 12.0. The number of amides is 1. The van der Waals surface area contributed by atoms with Crippen LogP contribution in [0.4, 0.5) is 0 Å². The standard InChI is InChI=1S/C17H20N4O4/c1-10-19-14-8-12(3-5-15(14)21(10)6-7-22)20-16(23)11-2-4-13(17(24)25)18-9-11/h2,4,9,12,22H,3,5-8H2,1H3,(H,20,23)(H,24,25). The number of aliphatic hydroxyl groups is 1. The number of aromatic carboxylic acids is 1. The molecule has 0 fully saturated rings. The highest BCUT2D eigenvalue weighted by Gasteiger charge is 2.25. The van der Waals surface area contributed by atoms with E-state index in [0.717, 1.165) is 30.1 Å². The van der Waals surface area contributed by atoms with Crippen LogP contribution in [-0.2, 0) is 19.4 Å². The van der Waals surface area contributed by atoms with Gasteiger partial charge in [-0.2, -0.15) is 0 Å². The topological polar surface area (TPSA) is 117 Å². The van der Waals surface area contributed by atoms with Gasteiger partial charge in [-0.05, 0) is 31.9 Å². The summed E-state index contributed by atoms with van der Waals surface area (Å²) in [5.74, 6) is -0.524. The molecule has 0 spiro atoms. The second kappa shape index (κ2) is 7.02. The molecule has 8 heteroatoms. The number of rotatable bonds is 5. The van der Waals surface area contributed by atoms with Crippen LogP contribution in [0.5, 0.6) is 0 Å². The molecule has 0 radical (unpaired) electrons. The first kappa shape index (κ1) is 17.1. The molecule has 1 aliphatic carbocycles. The van der Waals surface area contributed by atoms with E-state index in [2.05, 4.69) is 15.3 Å². The number of pyridine rings is 1. The summed E-state index contributed by atoms with van der Waals surface area (Å²) in [7, 11) is 0. The number of carboxylic acid groups (broad SMARTS) is 1. The van der Waals surface area contributed by atoms with Crippen LogP contribution >= 0.6 is 0 Å². The van der Waals surface area contributed by atoms with Crippen molar-refractivity contribution in [3.05, 3.63) is 46.8 Å². The third-order valence-electron chi connectivity index (χ3n) is 4.42. The molecule has 1 atom stereocenters. The molecule has 1 amide bonds. The third-order valence-corrected chi connectivity index (χ3v) is 4.42. The van der Waals surface area contributed by atoms with Crippen LogP contribution < -0.4 is 5.32 Å². The summed E-state index contributed by atoms with van der Waals surface area (Å²) in [6, 6.07) is 2.74. The van der Waals surface area contributed by atoms with Gasteiger partial charge in [0.1, 0.15) is 11.5 Å². The van der Waals surface area contributed by atoms with Crippen molar-refractivity contribution in [3.8, 4) is 0 Å². The first-order valence-corrected chi connectivity index (χ1v) is 8.15. The fourth-order valence-electron chi connectivity index (χ4n) is 3.20. The Morgan fingerprint density at radius 3 is 2.84 bits per heavy atom. The summed E-state index contributed by atoms with van der Waals surface area (Å²) in [5.41, 5.74) is 2.33. The van der Waals surface area contributed by atoms with Gasteiger partial charge in [0.25, 0.3) is 5.91 Å². The molecule has 0 aliphatic heterocycles. The van der Waals surface area contributed by atoms with Gasteiger partial charge in [0, 0.05) is 30.9 Å². The lowest BCUT2D eigenvalue weighted by molar-refractivity contribution is 0.0689. The van der Waals surface area contributed by atoms with Crippen molar-refractivity contribution in [1.82, 2.24) is 19.9 Å². The predicted octanol–water partition coefficient (Wildman–Crippen LogP) is 0.564. The van der Waals surface area contributed by atoms with Gasteiger partial charge < -0.3 is 20.1 Å². The molecule has 3 rings (SSSR count). The highest BCUT2D eigenvalue weighted by atomic mass is 16.4. The number of carbonyl (C=O) groups excluding carboxylic acids is 1. The fraction of sp³-hybridized carbons (Fsp3) is 0.412. The van der Waals surface area contributed by atoms with Crippen molar-refractivity contribution in [2.75, 3.05) is 6.61 Å². The largest absolute Gasteiger partial charge is 0.477 e. The van der Waals surface area contributed by atoms with Crippen LogP contribution in [0.3, 0.4) is 0 Å². The number of nitrogens with one attached hydrogen (secondary N) is 1. The molecule has 0 bridgehead atoms. The van der Waals surface area contributed by atoms with E-state index in [9.17, 15) is 9.59 Å². The smallest absolute Gasteiger partial charge is 0.354 e. The van der Waals surface area contributed by atoms with E-state index in [1.54, 1.807) is 0 Å². The van der Waals surface area contributed by atoms with Crippen molar-refractivity contribution in [2.45, 2.75) is 38.8 Å². The van der Waals surface area contributed by atoms with Crippen LogP contribution in [0.25, 0.3) is 0 Å². The quantitative estimate of drug-likeness (QED) is 0.730. The van der Waals surface area contributed by atoms with E-state index < -0.39 is 5.97 Å². The predicted molar refractivity (Wildman–Crippen MR) is 88.5 cm³/mol. The van der Waals surface area contributed by atoms with Gasteiger partial charge in [0.2, 0.25) is 0 Å². The molecule has 2 heterocycles. The molecular formula is C17H20N4O4. The fourth-order valence-corrected chi connectivity index (χ4v) is 3.20. The number of carbonyl (C=O) groups is 2. The van der Waals surface area contributed by atoms with Gasteiger partial charge in [0.15, 0.2) is 0 Å². The van der Waals surface area contributed by atoms with E-state index in [1.165, 1.54) is 18.3 Å². The number of hydrogen-bond donors (Lipinski definition) is 3. The molecule has 132 valence electrons. The Balaban J connectivity index is 1.67. The maximum Gasteiger partial charge on any atom is 0.354 e. The average Bonchev–Trinajstić information content (AvgIpc) is 2.90. The molecule has 1 unspecified atom stereocenters. The zero-order valence-electron chi connectivity index (χ0n) is 13.9. The molecule has 8 nitrogen and oxygen atoms in total. The molecule has 2 aromatic heterocycles. The van der Waals surface area contributed by atoms with Gasteiger partial charge in [-0.15, -0.1) is 0 Å². The summed E-state index contributed by atoms with van der Waals surface area (Å²) < 4.78 is 2.03. The Morgan fingerprint density at radius 2 is 2.20 bits per heavy atom. The summed E-state index contributed by atoms with van der Waals surface area (Å²) in [5, 5.41) is 21.0. The van der Waals surface area contributed by atoms with E-state index in [4.69, 9.17) is 10.2 Å². The van der Waals surface area contributed by atoms with Crippen LogP contribution in [0.2, 0.25) is 0 Å².